The first kappa shape index (κ1) is 10.4. The summed E-state index contributed by atoms with van der Waals surface area (Å²) in [5.74, 6) is 0.852. The van der Waals surface area contributed by atoms with Crippen LogP contribution in [-0.4, -0.2) is 11.0 Å². The number of nitrogens with zero attached hydrogens (tertiary/aromatic N) is 1. The molecule has 1 heterocycles. The molecule has 0 saturated heterocycles. The zero-order chi connectivity index (χ0) is 11.8. The number of anilines is 2. The summed E-state index contributed by atoms with van der Waals surface area (Å²) in [5.41, 5.74) is 8.72. The van der Waals surface area contributed by atoms with Crippen LogP contribution in [-0.2, 0) is 0 Å². The van der Waals surface area contributed by atoms with E-state index in [1.54, 1.807) is 0 Å². The van der Waals surface area contributed by atoms with Crippen molar-refractivity contribution in [2.75, 3.05) is 11.1 Å². The smallest absolute Gasteiger partial charge is 0.0951 e. The molecule has 3 rings (SSSR count). The van der Waals surface area contributed by atoms with Gasteiger partial charge in [0.25, 0.3) is 0 Å². The summed E-state index contributed by atoms with van der Waals surface area (Å²) >= 11 is 0. The van der Waals surface area contributed by atoms with Crippen LogP contribution in [0.5, 0.6) is 0 Å². The van der Waals surface area contributed by atoms with Crippen molar-refractivity contribution in [3.63, 3.8) is 0 Å². The monoisotopic (exact) mass is 227 g/mol. The molecular weight excluding hydrogens is 210 g/mol. The fraction of sp³-hybridized carbons (Fsp3) is 0.357. The summed E-state index contributed by atoms with van der Waals surface area (Å²) in [5, 5.41) is 4.70. The number of rotatable bonds is 2. The fourth-order valence-electron chi connectivity index (χ4n) is 2.56. The Morgan fingerprint density at radius 3 is 2.88 bits per heavy atom. The van der Waals surface area contributed by atoms with Crippen molar-refractivity contribution in [2.24, 2.45) is 5.92 Å². The number of hydrogen-bond acceptors (Lipinski definition) is 3. The molecular formula is C14H17N3. The fourth-order valence-corrected chi connectivity index (χ4v) is 2.56. The molecule has 0 aliphatic heterocycles. The molecule has 1 saturated carbocycles. The number of nitrogens with one attached hydrogen (secondary N) is 1. The Kier molecular flexibility index (Phi) is 2.39. The van der Waals surface area contributed by atoms with Crippen LogP contribution in [0.3, 0.4) is 0 Å². The van der Waals surface area contributed by atoms with Crippen molar-refractivity contribution in [3.8, 4) is 0 Å². The van der Waals surface area contributed by atoms with Crippen LogP contribution in [0.1, 0.15) is 19.8 Å². The topological polar surface area (TPSA) is 50.9 Å². The summed E-state index contributed by atoms with van der Waals surface area (Å²) in [4.78, 5) is 4.34. The van der Waals surface area contributed by atoms with E-state index >= 15 is 0 Å². The lowest BCUT2D eigenvalue weighted by molar-refractivity contribution is 0.309. The molecule has 3 heteroatoms. The molecule has 1 aliphatic carbocycles. The second-order valence-electron chi connectivity index (χ2n) is 5.02. The van der Waals surface area contributed by atoms with Crippen molar-refractivity contribution < 1.29 is 0 Å². The van der Waals surface area contributed by atoms with Gasteiger partial charge in [-0.3, -0.25) is 4.98 Å². The van der Waals surface area contributed by atoms with Gasteiger partial charge in [0.05, 0.1) is 11.2 Å². The number of aromatic nitrogens is 1. The molecule has 88 valence electrons. The summed E-state index contributed by atoms with van der Waals surface area (Å²) in [6.45, 7) is 2.29. The predicted molar refractivity (Wildman–Crippen MR) is 72.0 cm³/mol. The lowest BCUT2D eigenvalue weighted by atomic mass is 9.82. The molecule has 1 fully saturated rings. The molecule has 0 bridgehead atoms. The molecule has 1 aromatic carbocycles. The van der Waals surface area contributed by atoms with Crippen LogP contribution in [0.2, 0.25) is 0 Å². The highest BCUT2D eigenvalue weighted by molar-refractivity contribution is 5.97. The molecule has 2 aromatic rings. The molecule has 3 nitrogen and oxygen atoms in total. The van der Waals surface area contributed by atoms with Crippen LogP contribution < -0.4 is 11.1 Å². The van der Waals surface area contributed by atoms with Gasteiger partial charge in [0.1, 0.15) is 0 Å². The Morgan fingerprint density at radius 1 is 1.29 bits per heavy atom. The van der Waals surface area contributed by atoms with Crippen LogP contribution in [0.15, 0.2) is 30.5 Å². The van der Waals surface area contributed by atoms with Gasteiger partial charge in [-0.1, -0.05) is 19.1 Å². The van der Waals surface area contributed by atoms with Crippen LogP contribution in [0.25, 0.3) is 10.9 Å². The van der Waals surface area contributed by atoms with Gasteiger partial charge in [-0.05, 0) is 30.9 Å². The minimum absolute atomic E-state index is 0.608. The van der Waals surface area contributed by atoms with Gasteiger partial charge in [0.15, 0.2) is 0 Å². The third kappa shape index (κ3) is 1.82. The first-order valence-electron chi connectivity index (χ1n) is 6.14. The summed E-state index contributed by atoms with van der Waals surface area (Å²) < 4.78 is 0. The molecule has 0 amide bonds. The summed E-state index contributed by atoms with van der Waals surface area (Å²) in [7, 11) is 0. The molecule has 1 aliphatic rings. The van der Waals surface area contributed by atoms with Crippen molar-refractivity contribution in [1.29, 1.82) is 0 Å². The Morgan fingerprint density at radius 2 is 2.12 bits per heavy atom. The van der Waals surface area contributed by atoms with Crippen LogP contribution in [0, 0.1) is 5.92 Å². The Labute approximate surface area is 101 Å². The standard InChI is InChI=1S/C14H17N3/c1-9-7-10(8-9)17-13-5-6-16-14-11(13)3-2-4-12(14)15/h2-6,9-10H,7-8,15H2,1H3,(H,16,17). The number of nitrogens with two attached hydrogens (primary N) is 1. The number of para-hydroxylation sites is 1. The summed E-state index contributed by atoms with van der Waals surface area (Å²) in [6, 6.07) is 8.59. The van der Waals surface area contributed by atoms with Crippen molar-refractivity contribution in [1.82, 2.24) is 4.98 Å². The number of benzene rings is 1. The van der Waals surface area contributed by atoms with E-state index in [0.717, 1.165) is 28.2 Å². The molecule has 0 radical (unpaired) electrons. The lowest BCUT2D eigenvalue weighted by Crippen LogP contribution is -2.33. The Balaban J connectivity index is 1.96. The van der Waals surface area contributed by atoms with Gasteiger partial charge in [0, 0.05) is 23.3 Å². The quantitative estimate of drug-likeness (QED) is 0.775. The number of pyridine rings is 1. The van der Waals surface area contributed by atoms with E-state index in [0.29, 0.717) is 6.04 Å². The third-order valence-electron chi connectivity index (χ3n) is 3.54. The van der Waals surface area contributed by atoms with E-state index in [1.807, 2.05) is 24.4 Å². The number of hydrogen-bond donors (Lipinski definition) is 2. The molecule has 0 atom stereocenters. The van der Waals surface area contributed by atoms with E-state index in [9.17, 15) is 0 Å². The Bertz CT molecular complexity index is 544. The summed E-state index contributed by atoms with van der Waals surface area (Å²) in [6.07, 6.45) is 4.33. The average Bonchev–Trinajstić information content (AvgIpc) is 2.28. The van der Waals surface area contributed by atoms with Gasteiger partial charge >= 0.3 is 0 Å². The second-order valence-corrected chi connectivity index (χ2v) is 5.02. The van der Waals surface area contributed by atoms with Crippen LogP contribution >= 0.6 is 0 Å². The molecule has 3 N–H and O–H groups in total. The maximum Gasteiger partial charge on any atom is 0.0951 e. The maximum atomic E-state index is 5.93. The first-order chi connectivity index (χ1) is 8.24. The van der Waals surface area contributed by atoms with Crippen molar-refractivity contribution in [3.05, 3.63) is 30.5 Å². The van der Waals surface area contributed by atoms with E-state index in [2.05, 4.69) is 23.3 Å². The minimum atomic E-state index is 0.608. The van der Waals surface area contributed by atoms with E-state index in [-0.39, 0.29) is 0 Å². The first-order valence-corrected chi connectivity index (χ1v) is 6.14. The zero-order valence-electron chi connectivity index (χ0n) is 9.98. The van der Waals surface area contributed by atoms with E-state index in [1.165, 1.54) is 12.8 Å². The second kappa shape index (κ2) is 3.91. The largest absolute Gasteiger partial charge is 0.397 e. The number of nitrogen functional groups attached to an aromatic ring is 1. The average molecular weight is 227 g/mol. The maximum absolute atomic E-state index is 5.93. The van der Waals surface area contributed by atoms with Gasteiger partial charge < -0.3 is 11.1 Å². The van der Waals surface area contributed by atoms with Gasteiger partial charge in [-0.25, -0.2) is 0 Å². The molecule has 1 aromatic heterocycles. The normalized spacial score (nSPS) is 23.4. The number of fused-ring (bicyclic) bond motifs is 1. The van der Waals surface area contributed by atoms with E-state index in [4.69, 9.17) is 5.73 Å². The third-order valence-corrected chi connectivity index (χ3v) is 3.54. The predicted octanol–water partition coefficient (Wildman–Crippen LogP) is 3.03. The van der Waals surface area contributed by atoms with E-state index < -0.39 is 0 Å². The van der Waals surface area contributed by atoms with Crippen molar-refractivity contribution >= 4 is 22.3 Å². The highest BCUT2D eigenvalue weighted by Gasteiger charge is 2.25. The van der Waals surface area contributed by atoms with Gasteiger partial charge in [-0.2, -0.15) is 0 Å². The zero-order valence-corrected chi connectivity index (χ0v) is 9.98. The Hall–Kier alpha value is -1.77. The highest BCUT2D eigenvalue weighted by Crippen LogP contribution is 2.32. The van der Waals surface area contributed by atoms with Crippen LogP contribution in [0.4, 0.5) is 11.4 Å². The molecule has 0 spiro atoms. The highest BCUT2D eigenvalue weighted by atomic mass is 14.9. The van der Waals surface area contributed by atoms with Gasteiger partial charge in [-0.15, -0.1) is 0 Å². The molecule has 17 heavy (non-hydrogen) atoms. The minimum Gasteiger partial charge on any atom is -0.397 e. The lowest BCUT2D eigenvalue weighted by Gasteiger charge is -2.34. The van der Waals surface area contributed by atoms with Crippen molar-refractivity contribution in [2.45, 2.75) is 25.8 Å². The SMILES string of the molecule is CC1CC(Nc2ccnc3c(N)cccc23)C1. The molecule has 0 unspecified atom stereocenters. The van der Waals surface area contributed by atoms with Gasteiger partial charge in [0.2, 0.25) is 0 Å².